The standard InChI is InChI=1S/C14H19NO4S2/c1-20-14(7-2-8-14)10-15-21(18,19)9-11-3-5-12(6-4-11)13(16)17/h3-6,15H,2,7-10H2,1H3,(H,16,17). The Morgan fingerprint density at radius 3 is 2.38 bits per heavy atom. The fourth-order valence-electron chi connectivity index (χ4n) is 2.28. The van der Waals surface area contributed by atoms with Crippen molar-refractivity contribution in [1.82, 2.24) is 4.72 Å². The quantitative estimate of drug-likeness (QED) is 0.800. The molecule has 1 saturated carbocycles. The minimum absolute atomic E-state index is 0.0558. The Kier molecular flexibility index (Phi) is 4.95. The molecule has 0 saturated heterocycles. The predicted molar refractivity (Wildman–Crippen MR) is 84.1 cm³/mol. The van der Waals surface area contributed by atoms with E-state index in [4.69, 9.17) is 5.11 Å². The van der Waals surface area contributed by atoms with Crippen LogP contribution in [0.25, 0.3) is 0 Å². The second kappa shape index (κ2) is 6.37. The highest BCUT2D eigenvalue weighted by molar-refractivity contribution is 8.00. The number of carboxylic acids is 1. The third-order valence-corrected chi connectivity index (χ3v) is 6.59. The molecular formula is C14H19NO4S2. The Morgan fingerprint density at radius 1 is 1.33 bits per heavy atom. The van der Waals surface area contributed by atoms with Crippen molar-refractivity contribution < 1.29 is 18.3 Å². The first kappa shape index (κ1) is 16.3. The minimum atomic E-state index is -3.40. The number of benzene rings is 1. The van der Waals surface area contributed by atoms with Gasteiger partial charge in [-0.05, 0) is 36.8 Å². The van der Waals surface area contributed by atoms with Crippen LogP contribution in [-0.2, 0) is 15.8 Å². The highest BCUT2D eigenvalue weighted by Gasteiger charge is 2.36. The van der Waals surface area contributed by atoms with Crippen molar-refractivity contribution in [3.8, 4) is 0 Å². The number of aromatic carboxylic acids is 1. The van der Waals surface area contributed by atoms with Crippen molar-refractivity contribution in [2.75, 3.05) is 12.8 Å². The van der Waals surface area contributed by atoms with Gasteiger partial charge in [0.25, 0.3) is 0 Å². The number of hydrogen-bond acceptors (Lipinski definition) is 4. The van der Waals surface area contributed by atoms with Gasteiger partial charge in [-0.25, -0.2) is 17.9 Å². The number of hydrogen-bond donors (Lipinski definition) is 2. The third kappa shape index (κ3) is 4.21. The minimum Gasteiger partial charge on any atom is -0.478 e. The molecular weight excluding hydrogens is 310 g/mol. The van der Waals surface area contributed by atoms with Gasteiger partial charge in [0.15, 0.2) is 0 Å². The summed E-state index contributed by atoms with van der Waals surface area (Å²) >= 11 is 1.72. The Bertz CT molecular complexity index is 601. The van der Waals surface area contributed by atoms with Crippen LogP contribution in [0.4, 0.5) is 0 Å². The van der Waals surface area contributed by atoms with Crippen molar-refractivity contribution in [2.24, 2.45) is 0 Å². The highest BCUT2D eigenvalue weighted by Crippen LogP contribution is 2.42. The van der Waals surface area contributed by atoms with E-state index in [2.05, 4.69) is 4.72 Å². The zero-order chi connectivity index (χ0) is 15.5. The Morgan fingerprint density at radius 2 is 1.95 bits per heavy atom. The van der Waals surface area contributed by atoms with Gasteiger partial charge in [-0.1, -0.05) is 18.6 Å². The van der Waals surface area contributed by atoms with Gasteiger partial charge in [0.2, 0.25) is 10.0 Å². The first-order chi connectivity index (χ1) is 9.86. The number of carboxylic acid groups (broad SMARTS) is 1. The molecule has 0 aliphatic heterocycles. The van der Waals surface area contributed by atoms with Gasteiger partial charge in [-0.3, -0.25) is 0 Å². The molecule has 21 heavy (non-hydrogen) atoms. The first-order valence-electron chi connectivity index (χ1n) is 6.71. The SMILES string of the molecule is CSC1(CNS(=O)(=O)Cc2ccc(C(=O)O)cc2)CCC1. The van der Waals surface area contributed by atoms with Gasteiger partial charge in [0.1, 0.15) is 0 Å². The van der Waals surface area contributed by atoms with Crippen LogP contribution in [0, 0.1) is 0 Å². The van der Waals surface area contributed by atoms with E-state index in [1.54, 1.807) is 11.8 Å². The van der Waals surface area contributed by atoms with Gasteiger partial charge in [0.05, 0.1) is 11.3 Å². The molecule has 0 atom stereocenters. The first-order valence-corrected chi connectivity index (χ1v) is 9.58. The van der Waals surface area contributed by atoms with Crippen LogP contribution < -0.4 is 4.72 Å². The lowest BCUT2D eigenvalue weighted by Crippen LogP contribution is -2.45. The molecule has 0 aromatic heterocycles. The summed E-state index contributed by atoms with van der Waals surface area (Å²) in [6.45, 7) is 0.462. The van der Waals surface area contributed by atoms with Gasteiger partial charge in [0, 0.05) is 11.3 Å². The fourth-order valence-corrected chi connectivity index (χ4v) is 4.51. The van der Waals surface area contributed by atoms with Crippen LogP contribution in [0.5, 0.6) is 0 Å². The summed E-state index contributed by atoms with van der Waals surface area (Å²) in [4.78, 5) is 10.7. The summed E-state index contributed by atoms with van der Waals surface area (Å²) in [6.07, 6.45) is 5.26. The van der Waals surface area contributed by atoms with Crippen molar-refractivity contribution in [2.45, 2.75) is 29.8 Å². The molecule has 0 amide bonds. The lowest BCUT2D eigenvalue weighted by molar-refractivity contribution is 0.0697. The maximum atomic E-state index is 12.1. The monoisotopic (exact) mass is 329 g/mol. The Labute approximate surface area is 129 Å². The molecule has 5 nitrogen and oxygen atoms in total. The molecule has 2 N–H and O–H groups in total. The van der Waals surface area contributed by atoms with Crippen LogP contribution in [0.3, 0.4) is 0 Å². The maximum absolute atomic E-state index is 12.1. The molecule has 1 aromatic rings. The average molecular weight is 329 g/mol. The lowest BCUT2D eigenvalue weighted by atomic mass is 9.84. The molecule has 1 aliphatic rings. The number of thioether (sulfide) groups is 1. The highest BCUT2D eigenvalue weighted by atomic mass is 32.2. The smallest absolute Gasteiger partial charge is 0.335 e. The van der Waals surface area contributed by atoms with Crippen LogP contribution >= 0.6 is 11.8 Å². The summed E-state index contributed by atoms with van der Waals surface area (Å²) < 4.78 is 26.9. The third-order valence-electron chi connectivity index (χ3n) is 3.87. The van der Waals surface area contributed by atoms with E-state index in [1.807, 2.05) is 6.26 Å². The summed E-state index contributed by atoms with van der Waals surface area (Å²) in [5.41, 5.74) is 0.735. The number of nitrogens with one attached hydrogen (secondary N) is 1. The molecule has 1 fully saturated rings. The van der Waals surface area contributed by atoms with Crippen LogP contribution in [0.1, 0.15) is 35.2 Å². The topological polar surface area (TPSA) is 83.5 Å². The van der Waals surface area contributed by atoms with Gasteiger partial charge < -0.3 is 5.11 Å². The molecule has 1 aliphatic carbocycles. The van der Waals surface area contributed by atoms with Gasteiger partial charge >= 0.3 is 5.97 Å². The maximum Gasteiger partial charge on any atom is 0.335 e. The lowest BCUT2D eigenvalue weighted by Gasteiger charge is -2.40. The van der Waals surface area contributed by atoms with E-state index in [1.165, 1.54) is 24.3 Å². The summed E-state index contributed by atoms with van der Waals surface area (Å²) in [5.74, 6) is -1.15. The zero-order valence-corrected chi connectivity index (χ0v) is 13.5. The normalized spacial score (nSPS) is 17.2. The van der Waals surface area contributed by atoms with E-state index >= 15 is 0 Å². The average Bonchev–Trinajstić information content (AvgIpc) is 2.38. The molecule has 0 bridgehead atoms. The van der Waals surface area contributed by atoms with E-state index in [9.17, 15) is 13.2 Å². The molecule has 2 rings (SSSR count). The fraction of sp³-hybridized carbons (Fsp3) is 0.500. The van der Waals surface area contributed by atoms with Crippen LogP contribution in [0.2, 0.25) is 0 Å². The largest absolute Gasteiger partial charge is 0.478 e. The molecule has 0 radical (unpaired) electrons. The van der Waals surface area contributed by atoms with Gasteiger partial charge in [-0.2, -0.15) is 11.8 Å². The van der Waals surface area contributed by atoms with Crippen molar-refractivity contribution in [3.05, 3.63) is 35.4 Å². The van der Waals surface area contributed by atoms with Crippen LogP contribution in [-0.4, -0.2) is 37.0 Å². The van der Waals surface area contributed by atoms with Crippen molar-refractivity contribution in [3.63, 3.8) is 0 Å². The molecule has 0 unspecified atom stereocenters. The number of sulfonamides is 1. The van der Waals surface area contributed by atoms with Crippen molar-refractivity contribution >= 4 is 27.8 Å². The molecule has 7 heteroatoms. The predicted octanol–water partition coefficient (Wildman–Crippen LogP) is 2.09. The molecule has 0 spiro atoms. The zero-order valence-electron chi connectivity index (χ0n) is 11.8. The van der Waals surface area contributed by atoms with E-state index < -0.39 is 16.0 Å². The molecule has 0 heterocycles. The summed E-state index contributed by atoms with van der Waals surface area (Å²) in [5, 5.41) is 8.81. The van der Waals surface area contributed by atoms with Crippen molar-refractivity contribution in [1.29, 1.82) is 0 Å². The number of rotatable bonds is 7. The Hall–Kier alpha value is -1.05. The van der Waals surface area contributed by atoms with E-state index in [-0.39, 0.29) is 16.1 Å². The molecule has 1 aromatic carbocycles. The summed E-state index contributed by atoms with van der Waals surface area (Å²) in [6, 6.07) is 5.91. The molecule has 116 valence electrons. The second-order valence-corrected chi connectivity index (χ2v) is 8.40. The summed E-state index contributed by atoms with van der Waals surface area (Å²) in [7, 11) is -3.40. The Balaban J connectivity index is 1.95. The second-order valence-electron chi connectivity index (χ2n) is 5.32. The van der Waals surface area contributed by atoms with E-state index in [0.29, 0.717) is 12.1 Å². The van der Waals surface area contributed by atoms with Crippen LogP contribution in [0.15, 0.2) is 24.3 Å². The van der Waals surface area contributed by atoms with E-state index in [0.717, 1.165) is 19.3 Å². The number of carbonyl (C=O) groups is 1. The van der Waals surface area contributed by atoms with Gasteiger partial charge in [-0.15, -0.1) is 0 Å².